The number of nitrogens with one attached hydrogen (secondary N) is 1. The number of H-pyrrole nitrogens is 1. The lowest BCUT2D eigenvalue weighted by molar-refractivity contribution is 0.0368. The Balaban J connectivity index is 1.52. The van der Waals surface area contributed by atoms with Gasteiger partial charge in [-0.25, -0.2) is 0 Å². The van der Waals surface area contributed by atoms with Crippen LogP contribution < -0.4 is 4.74 Å². The fourth-order valence-corrected chi connectivity index (χ4v) is 2.88. The van der Waals surface area contributed by atoms with Gasteiger partial charge in [-0.15, -0.1) is 0 Å². The summed E-state index contributed by atoms with van der Waals surface area (Å²) < 4.78 is 13.8. The predicted octanol–water partition coefficient (Wildman–Crippen LogP) is 2.24. The summed E-state index contributed by atoms with van der Waals surface area (Å²) >= 11 is 5.33. The number of hydrogen-bond donors (Lipinski definition) is 1. The van der Waals surface area contributed by atoms with Crippen molar-refractivity contribution in [3.8, 4) is 5.75 Å². The second kappa shape index (κ2) is 8.24. The molecule has 7 heteroatoms. The number of hydrogen-bond acceptors (Lipinski definition) is 5. The van der Waals surface area contributed by atoms with E-state index in [1.165, 1.54) is 0 Å². The number of nitrogens with zero attached hydrogens (tertiary/aromatic N) is 3. The summed E-state index contributed by atoms with van der Waals surface area (Å²) in [6.45, 7) is 6.01. The number of morpholine rings is 1. The lowest BCUT2D eigenvalue weighted by Gasteiger charge is -2.26. The maximum absolute atomic E-state index is 5.77. The summed E-state index contributed by atoms with van der Waals surface area (Å²) in [4.78, 5) is 2.42. The molecular formula is C16H22N4O2S. The summed E-state index contributed by atoms with van der Waals surface area (Å²) in [5.74, 6) is 1.67. The lowest BCUT2D eigenvalue weighted by Crippen LogP contribution is -2.37. The number of aromatic amines is 1. The molecule has 0 spiro atoms. The monoisotopic (exact) mass is 334 g/mol. The first-order valence-corrected chi connectivity index (χ1v) is 8.36. The van der Waals surface area contributed by atoms with Crippen LogP contribution in [0.25, 0.3) is 0 Å². The maximum atomic E-state index is 5.77. The second-order valence-corrected chi connectivity index (χ2v) is 5.89. The highest BCUT2D eigenvalue weighted by atomic mass is 32.1. The molecular weight excluding hydrogens is 312 g/mol. The first kappa shape index (κ1) is 16.2. The molecule has 2 heterocycles. The molecule has 0 atom stereocenters. The number of ether oxygens (including phenoxy) is 2. The molecule has 6 nitrogen and oxygen atoms in total. The molecule has 0 aliphatic carbocycles. The smallest absolute Gasteiger partial charge is 0.195 e. The summed E-state index contributed by atoms with van der Waals surface area (Å²) in [7, 11) is 0. The highest BCUT2D eigenvalue weighted by Crippen LogP contribution is 2.11. The topological polar surface area (TPSA) is 55.3 Å². The third-order valence-corrected chi connectivity index (χ3v) is 4.22. The normalized spacial score (nSPS) is 15.7. The van der Waals surface area contributed by atoms with Crippen molar-refractivity contribution in [1.29, 1.82) is 0 Å². The minimum absolute atomic E-state index is 0.411. The molecule has 0 amide bonds. The minimum Gasteiger partial charge on any atom is -0.486 e. The molecule has 1 fully saturated rings. The standard InChI is InChI=1S/C16H22N4O2S/c23-16-18-17-15(13-22-14-5-2-1-3-6-14)20(16)8-4-7-19-9-11-21-12-10-19/h1-3,5-6H,4,7-13H2,(H,18,23). The van der Waals surface area contributed by atoms with E-state index in [-0.39, 0.29) is 0 Å². The largest absolute Gasteiger partial charge is 0.486 e. The number of para-hydroxylation sites is 1. The van der Waals surface area contributed by atoms with E-state index in [1.807, 2.05) is 34.9 Å². The average Bonchev–Trinajstić information content (AvgIpc) is 2.95. The molecule has 1 N–H and O–H groups in total. The zero-order chi connectivity index (χ0) is 15.9. The van der Waals surface area contributed by atoms with Gasteiger partial charge in [0.2, 0.25) is 0 Å². The van der Waals surface area contributed by atoms with Crippen molar-refractivity contribution < 1.29 is 9.47 Å². The van der Waals surface area contributed by atoms with Crippen LogP contribution in [0.1, 0.15) is 12.2 Å². The third kappa shape index (κ3) is 4.63. The van der Waals surface area contributed by atoms with E-state index in [4.69, 9.17) is 21.7 Å². The summed E-state index contributed by atoms with van der Waals surface area (Å²) in [6, 6.07) is 9.74. The third-order valence-electron chi connectivity index (χ3n) is 3.91. The highest BCUT2D eigenvalue weighted by Gasteiger charge is 2.11. The van der Waals surface area contributed by atoms with Crippen LogP contribution in [-0.2, 0) is 17.9 Å². The fraction of sp³-hybridized carbons (Fsp3) is 0.500. The Morgan fingerprint density at radius 2 is 1.96 bits per heavy atom. The molecule has 1 saturated heterocycles. The molecule has 1 aromatic heterocycles. The predicted molar refractivity (Wildman–Crippen MR) is 90.1 cm³/mol. The number of rotatable bonds is 7. The molecule has 2 aromatic rings. The van der Waals surface area contributed by atoms with Crippen LogP contribution in [0.4, 0.5) is 0 Å². The van der Waals surface area contributed by atoms with Crippen molar-refractivity contribution >= 4 is 12.2 Å². The van der Waals surface area contributed by atoms with Crippen molar-refractivity contribution in [2.45, 2.75) is 19.6 Å². The SMILES string of the molecule is S=c1[nH]nc(COc2ccccc2)n1CCCN1CCOCC1. The van der Waals surface area contributed by atoms with Crippen molar-refractivity contribution in [1.82, 2.24) is 19.7 Å². The quantitative estimate of drug-likeness (QED) is 0.787. The summed E-state index contributed by atoms with van der Waals surface area (Å²) in [5.41, 5.74) is 0. The van der Waals surface area contributed by atoms with Gasteiger partial charge in [0, 0.05) is 26.2 Å². The van der Waals surface area contributed by atoms with Gasteiger partial charge in [-0.05, 0) is 30.8 Å². The van der Waals surface area contributed by atoms with Crippen LogP contribution in [0.2, 0.25) is 0 Å². The summed E-state index contributed by atoms with van der Waals surface area (Å²) in [5, 5.41) is 7.15. The van der Waals surface area contributed by atoms with Crippen molar-refractivity contribution in [3.05, 3.63) is 40.9 Å². The van der Waals surface area contributed by atoms with Gasteiger partial charge in [-0.1, -0.05) is 18.2 Å². The van der Waals surface area contributed by atoms with Crippen LogP contribution in [-0.4, -0.2) is 52.5 Å². The van der Waals surface area contributed by atoms with Crippen LogP contribution in [0.15, 0.2) is 30.3 Å². The van der Waals surface area contributed by atoms with Gasteiger partial charge in [0.05, 0.1) is 13.2 Å². The molecule has 0 unspecified atom stereocenters. The average molecular weight is 334 g/mol. The van der Waals surface area contributed by atoms with E-state index in [0.29, 0.717) is 11.4 Å². The Morgan fingerprint density at radius 3 is 2.74 bits per heavy atom. The Bertz CT molecular complexity index is 650. The van der Waals surface area contributed by atoms with Gasteiger partial charge < -0.3 is 14.0 Å². The van der Waals surface area contributed by atoms with E-state index in [1.54, 1.807) is 0 Å². The molecule has 3 rings (SSSR count). The molecule has 0 radical (unpaired) electrons. The Kier molecular flexibility index (Phi) is 5.79. The molecule has 0 bridgehead atoms. The first-order chi connectivity index (χ1) is 11.3. The number of aromatic nitrogens is 3. The lowest BCUT2D eigenvalue weighted by atomic mass is 10.3. The first-order valence-electron chi connectivity index (χ1n) is 7.95. The van der Waals surface area contributed by atoms with E-state index in [9.17, 15) is 0 Å². The highest BCUT2D eigenvalue weighted by molar-refractivity contribution is 7.71. The molecule has 1 aliphatic rings. The molecule has 124 valence electrons. The van der Waals surface area contributed by atoms with Crippen molar-refractivity contribution in [2.24, 2.45) is 0 Å². The number of benzene rings is 1. The van der Waals surface area contributed by atoms with Gasteiger partial charge in [0.25, 0.3) is 0 Å². The second-order valence-electron chi connectivity index (χ2n) is 5.51. The van der Waals surface area contributed by atoms with Crippen LogP contribution in [0.3, 0.4) is 0 Å². The van der Waals surface area contributed by atoms with Crippen LogP contribution in [0, 0.1) is 4.77 Å². The molecule has 23 heavy (non-hydrogen) atoms. The van der Waals surface area contributed by atoms with Gasteiger partial charge in [-0.3, -0.25) is 10.00 Å². The minimum atomic E-state index is 0.411. The van der Waals surface area contributed by atoms with Crippen molar-refractivity contribution in [2.75, 3.05) is 32.8 Å². The van der Waals surface area contributed by atoms with Gasteiger partial charge in [0.15, 0.2) is 10.6 Å². The van der Waals surface area contributed by atoms with Crippen LogP contribution >= 0.6 is 12.2 Å². The Morgan fingerprint density at radius 1 is 1.17 bits per heavy atom. The van der Waals surface area contributed by atoms with E-state index in [2.05, 4.69) is 15.1 Å². The van der Waals surface area contributed by atoms with Gasteiger partial charge in [-0.2, -0.15) is 5.10 Å². The Labute approximate surface area is 141 Å². The van der Waals surface area contributed by atoms with Crippen molar-refractivity contribution in [3.63, 3.8) is 0 Å². The van der Waals surface area contributed by atoms with Gasteiger partial charge in [0.1, 0.15) is 12.4 Å². The fourth-order valence-electron chi connectivity index (χ4n) is 2.63. The van der Waals surface area contributed by atoms with E-state index < -0.39 is 0 Å². The van der Waals surface area contributed by atoms with Gasteiger partial charge >= 0.3 is 0 Å². The Hall–Kier alpha value is -1.70. The van der Waals surface area contributed by atoms with E-state index >= 15 is 0 Å². The maximum Gasteiger partial charge on any atom is 0.195 e. The summed E-state index contributed by atoms with van der Waals surface area (Å²) in [6.07, 6.45) is 1.03. The molecule has 1 aromatic carbocycles. The molecule has 0 saturated carbocycles. The van der Waals surface area contributed by atoms with E-state index in [0.717, 1.165) is 57.4 Å². The molecule has 1 aliphatic heterocycles. The zero-order valence-electron chi connectivity index (χ0n) is 13.1. The van der Waals surface area contributed by atoms with Crippen LogP contribution in [0.5, 0.6) is 5.75 Å². The zero-order valence-corrected chi connectivity index (χ0v) is 13.9.